The predicted molar refractivity (Wildman–Crippen MR) is 119 cm³/mol. The van der Waals surface area contributed by atoms with Gasteiger partial charge in [-0.3, -0.25) is 15.1 Å². The van der Waals surface area contributed by atoms with Gasteiger partial charge in [-0.25, -0.2) is 4.39 Å². The van der Waals surface area contributed by atoms with E-state index >= 15 is 0 Å². The van der Waals surface area contributed by atoms with Crippen LogP contribution in [-0.2, 0) is 13.0 Å². The van der Waals surface area contributed by atoms with Gasteiger partial charge in [-0.05, 0) is 30.2 Å². The molecule has 7 nitrogen and oxygen atoms in total. The summed E-state index contributed by atoms with van der Waals surface area (Å²) in [7, 11) is 1.63. The molecule has 0 saturated carbocycles. The number of nitro groups is 1. The molecule has 0 amide bonds. The van der Waals surface area contributed by atoms with E-state index in [0.717, 1.165) is 16.5 Å². The Morgan fingerprint density at radius 1 is 1.21 bits per heavy atom. The molecule has 0 bridgehead atoms. The number of benzene rings is 2. The Hall–Kier alpha value is -2.69. The number of aromatic amines is 1. The van der Waals surface area contributed by atoms with Gasteiger partial charge in [-0.1, -0.05) is 18.2 Å². The second-order valence-electron chi connectivity index (χ2n) is 5.99. The van der Waals surface area contributed by atoms with Gasteiger partial charge < -0.3 is 15.6 Å². The van der Waals surface area contributed by atoms with E-state index in [2.05, 4.69) is 20.6 Å². The minimum atomic E-state index is -0.399. The number of guanidine groups is 1. The summed E-state index contributed by atoms with van der Waals surface area (Å²) in [6, 6.07) is 11.2. The topological polar surface area (TPSA) is 95.3 Å². The van der Waals surface area contributed by atoms with Crippen LogP contribution < -0.4 is 10.6 Å². The fourth-order valence-corrected chi connectivity index (χ4v) is 2.91. The van der Waals surface area contributed by atoms with Crippen molar-refractivity contribution < 1.29 is 9.31 Å². The summed E-state index contributed by atoms with van der Waals surface area (Å²) in [5.41, 5.74) is 2.55. The molecule has 3 N–H and O–H groups in total. The number of nitrogens with zero attached hydrogens (tertiary/aromatic N) is 2. The van der Waals surface area contributed by atoms with E-state index in [1.165, 1.54) is 18.2 Å². The molecule has 148 valence electrons. The molecule has 0 spiro atoms. The van der Waals surface area contributed by atoms with E-state index in [4.69, 9.17) is 0 Å². The number of aromatic nitrogens is 1. The maximum absolute atomic E-state index is 13.4. The normalized spacial score (nSPS) is 11.1. The van der Waals surface area contributed by atoms with E-state index in [-0.39, 0.29) is 42.0 Å². The number of hydrogen-bond acceptors (Lipinski definition) is 3. The van der Waals surface area contributed by atoms with Crippen LogP contribution in [0.4, 0.5) is 10.1 Å². The molecule has 28 heavy (non-hydrogen) atoms. The number of H-pyrrole nitrogens is 1. The summed E-state index contributed by atoms with van der Waals surface area (Å²) < 4.78 is 13.4. The molecule has 0 aliphatic carbocycles. The quantitative estimate of drug-likeness (QED) is 0.159. The molecule has 2 aromatic carbocycles. The number of halogens is 2. The molecule has 0 unspecified atom stereocenters. The summed E-state index contributed by atoms with van der Waals surface area (Å²) in [6.45, 7) is 0.870. The maximum atomic E-state index is 13.4. The fraction of sp³-hybridized carbons (Fsp3) is 0.211. The van der Waals surface area contributed by atoms with E-state index in [9.17, 15) is 14.5 Å². The van der Waals surface area contributed by atoms with E-state index in [1.807, 2.05) is 6.20 Å². The Labute approximate surface area is 178 Å². The largest absolute Gasteiger partial charge is 0.361 e. The first-order chi connectivity index (χ1) is 13.1. The van der Waals surface area contributed by atoms with Gasteiger partial charge in [0.2, 0.25) is 0 Å². The number of rotatable bonds is 6. The lowest BCUT2D eigenvalue weighted by molar-refractivity contribution is -0.385. The van der Waals surface area contributed by atoms with Crippen molar-refractivity contribution in [2.24, 2.45) is 4.99 Å². The van der Waals surface area contributed by atoms with Crippen LogP contribution in [0.1, 0.15) is 11.1 Å². The van der Waals surface area contributed by atoms with Gasteiger partial charge in [0, 0.05) is 48.9 Å². The highest BCUT2D eigenvalue weighted by atomic mass is 127. The van der Waals surface area contributed by atoms with Crippen LogP contribution in [0.15, 0.2) is 53.7 Å². The fourth-order valence-electron chi connectivity index (χ4n) is 2.91. The second kappa shape index (κ2) is 10.0. The second-order valence-corrected chi connectivity index (χ2v) is 5.99. The summed E-state index contributed by atoms with van der Waals surface area (Å²) in [5.74, 6) is 0.275. The molecule has 1 aromatic heterocycles. The SMILES string of the molecule is CN=C(NCCc1c[nH]c2ccc(F)cc12)NCc1ccccc1[N+](=O)[O-].I. The average molecular weight is 497 g/mol. The molecule has 3 aromatic rings. The summed E-state index contributed by atoms with van der Waals surface area (Å²) in [5, 5.41) is 18.2. The van der Waals surface area contributed by atoms with Crippen LogP contribution in [0, 0.1) is 15.9 Å². The Bertz CT molecular complexity index is 989. The summed E-state index contributed by atoms with van der Waals surface area (Å²) in [6.07, 6.45) is 2.55. The highest BCUT2D eigenvalue weighted by molar-refractivity contribution is 14.0. The molecule has 1 heterocycles. The van der Waals surface area contributed by atoms with Crippen LogP contribution in [0.3, 0.4) is 0 Å². The minimum Gasteiger partial charge on any atom is -0.361 e. The monoisotopic (exact) mass is 497 g/mol. The van der Waals surface area contributed by atoms with Crippen molar-refractivity contribution >= 4 is 46.5 Å². The standard InChI is InChI=1S/C19H20FN5O2.HI/c1-21-19(24-12-14-4-2-3-5-18(14)25(26)27)22-9-8-13-11-23-17-7-6-15(20)10-16(13)17;/h2-7,10-11,23H,8-9,12H2,1H3,(H2,21,22,24);1H. The Morgan fingerprint density at radius 2 is 2.00 bits per heavy atom. The van der Waals surface area contributed by atoms with Crippen molar-refractivity contribution in [1.29, 1.82) is 0 Å². The molecular weight excluding hydrogens is 476 g/mol. The number of nitrogens with one attached hydrogen (secondary N) is 3. The summed E-state index contributed by atoms with van der Waals surface area (Å²) >= 11 is 0. The van der Waals surface area contributed by atoms with Crippen LogP contribution in [0.5, 0.6) is 0 Å². The zero-order valence-electron chi connectivity index (χ0n) is 15.2. The molecule has 0 aliphatic rings. The molecule has 9 heteroatoms. The lowest BCUT2D eigenvalue weighted by atomic mass is 10.1. The Morgan fingerprint density at radius 3 is 2.75 bits per heavy atom. The molecule has 0 aliphatic heterocycles. The van der Waals surface area contributed by atoms with Gasteiger partial charge in [-0.2, -0.15) is 0 Å². The maximum Gasteiger partial charge on any atom is 0.274 e. The number of para-hydroxylation sites is 1. The number of nitro benzene ring substituents is 1. The molecule has 0 atom stereocenters. The third-order valence-electron chi connectivity index (χ3n) is 4.27. The van der Waals surface area contributed by atoms with E-state index in [1.54, 1.807) is 31.3 Å². The van der Waals surface area contributed by atoms with E-state index in [0.29, 0.717) is 24.5 Å². The molecular formula is C19H21FIN5O2. The van der Waals surface area contributed by atoms with Gasteiger partial charge in [0.25, 0.3) is 5.69 Å². The molecule has 3 rings (SSSR count). The van der Waals surface area contributed by atoms with Crippen LogP contribution in [-0.4, -0.2) is 29.5 Å². The first-order valence-corrected chi connectivity index (χ1v) is 8.51. The van der Waals surface area contributed by atoms with Gasteiger partial charge >= 0.3 is 0 Å². The predicted octanol–water partition coefficient (Wildman–Crippen LogP) is 3.74. The van der Waals surface area contributed by atoms with Crippen molar-refractivity contribution in [3.8, 4) is 0 Å². The zero-order chi connectivity index (χ0) is 19.2. The number of aliphatic imine (C=N–C) groups is 1. The molecule has 0 fully saturated rings. The number of hydrogen-bond donors (Lipinski definition) is 3. The van der Waals surface area contributed by atoms with Gasteiger partial charge in [0.1, 0.15) is 5.82 Å². The third-order valence-corrected chi connectivity index (χ3v) is 4.27. The third kappa shape index (κ3) is 5.18. The van der Waals surface area contributed by atoms with Crippen LogP contribution in [0.2, 0.25) is 0 Å². The summed E-state index contributed by atoms with van der Waals surface area (Å²) in [4.78, 5) is 17.9. The average Bonchev–Trinajstić information content (AvgIpc) is 3.06. The van der Waals surface area contributed by atoms with Crippen molar-refractivity contribution in [3.05, 3.63) is 75.7 Å². The minimum absolute atomic E-state index is 0. The molecule has 0 saturated heterocycles. The van der Waals surface area contributed by atoms with Gasteiger partial charge in [0.15, 0.2) is 5.96 Å². The highest BCUT2D eigenvalue weighted by Gasteiger charge is 2.12. The lowest BCUT2D eigenvalue weighted by Crippen LogP contribution is -2.37. The van der Waals surface area contributed by atoms with E-state index < -0.39 is 4.92 Å². The van der Waals surface area contributed by atoms with Crippen LogP contribution in [0.25, 0.3) is 10.9 Å². The van der Waals surface area contributed by atoms with Crippen molar-refractivity contribution in [1.82, 2.24) is 15.6 Å². The van der Waals surface area contributed by atoms with Crippen molar-refractivity contribution in [3.63, 3.8) is 0 Å². The van der Waals surface area contributed by atoms with Gasteiger partial charge in [0.05, 0.1) is 4.92 Å². The smallest absolute Gasteiger partial charge is 0.274 e. The number of fused-ring (bicyclic) bond motifs is 1. The van der Waals surface area contributed by atoms with Crippen molar-refractivity contribution in [2.45, 2.75) is 13.0 Å². The first kappa shape index (κ1) is 21.6. The highest BCUT2D eigenvalue weighted by Crippen LogP contribution is 2.19. The zero-order valence-corrected chi connectivity index (χ0v) is 17.6. The first-order valence-electron chi connectivity index (χ1n) is 8.51. The molecule has 0 radical (unpaired) electrons. The van der Waals surface area contributed by atoms with Gasteiger partial charge in [-0.15, -0.1) is 24.0 Å². The Balaban J connectivity index is 0.00000280. The Kier molecular flexibility index (Phi) is 7.73. The van der Waals surface area contributed by atoms with Crippen molar-refractivity contribution in [2.75, 3.05) is 13.6 Å². The lowest BCUT2D eigenvalue weighted by Gasteiger charge is -2.12. The van der Waals surface area contributed by atoms with Crippen LogP contribution >= 0.6 is 24.0 Å².